The molecule has 1 saturated heterocycles. The fourth-order valence-corrected chi connectivity index (χ4v) is 1.80. The molecule has 0 saturated carbocycles. The fraction of sp³-hybridized carbons (Fsp3) is 0.455. The quantitative estimate of drug-likeness (QED) is 0.714. The molecule has 1 amide bonds. The summed E-state index contributed by atoms with van der Waals surface area (Å²) in [6.07, 6.45) is 1.64. The second kappa shape index (κ2) is 4.00. The van der Waals surface area contributed by atoms with E-state index in [4.69, 9.17) is 5.73 Å². The first-order chi connectivity index (χ1) is 7.59. The number of carbonyl (C=O) groups is 1. The number of hydrogen-bond acceptors (Lipinski definition) is 4. The van der Waals surface area contributed by atoms with Gasteiger partial charge in [-0.25, -0.2) is 4.98 Å². The average Bonchev–Trinajstić information content (AvgIpc) is 2.26. The molecule has 1 fully saturated rings. The first kappa shape index (κ1) is 10.7. The maximum atomic E-state index is 11.5. The monoisotopic (exact) mass is 220 g/mol. The zero-order valence-corrected chi connectivity index (χ0v) is 9.53. The lowest BCUT2D eigenvalue weighted by Gasteiger charge is -2.33. The number of aromatic nitrogens is 1. The van der Waals surface area contributed by atoms with Crippen molar-refractivity contribution < 1.29 is 4.79 Å². The van der Waals surface area contributed by atoms with Gasteiger partial charge in [-0.05, 0) is 25.5 Å². The number of nitrogens with one attached hydrogen (secondary N) is 1. The van der Waals surface area contributed by atoms with Gasteiger partial charge in [-0.1, -0.05) is 0 Å². The topological polar surface area (TPSA) is 71.2 Å². The van der Waals surface area contributed by atoms with Crippen molar-refractivity contribution in [3.05, 3.63) is 17.8 Å². The maximum absolute atomic E-state index is 11.5. The minimum atomic E-state index is -0.177. The Bertz CT molecular complexity index is 418. The average molecular weight is 220 g/mol. The summed E-state index contributed by atoms with van der Waals surface area (Å²) in [5, 5.41) is 2.82. The second-order valence-corrected chi connectivity index (χ2v) is 4.06. The summed E-state index contributed by atoms with van der Waals surface area (Å²) >= 11 is 0. The minimum Gasteiger partial charge on any atom is -0.397 e. The number of aryl methyl sites for hydroxylation is 1. The largest absolute Gasteiger partial charge is 0.397 e. The van der Waals surface area contributed by atoms with Gasteiger partial charge < -0.3 is 16.0 Å². The highest BCUT2D eigenvalue weighted by Gasteiger charge is 2.26. The summed E-state index contributed by atoms with van der Waals surface area (Å²) in [6.45, 7) is 5.26. The summed E-state index contributed by atoms with van der Waals surface area (Å²) in [6, 6.07) is 1.74. The lowest BCUT2D eigenvalue weighted by Crippen LogP contribution is -2.54. The van der Waals surface area contributed by atoms with Gasteiger partial charge in [0, 0.05) is 13.1 Å². The van der Waals surface area contributed by atoms with E-state index in [0.717, 1.165) is 17.9 Å². The summed E-state index contributed by atoms with van der Waals surface area (Å²) in [7, 11) is 0. The van der Waals surface area contributed by atoms with E-state index >= 15 is 0 Å². The van der Waals surface area contributed by atoms with Gasteiger partial charge >= 0.3 is 0 Å². The summed E-state index contributed by atoms with van der Waals surface area (Å²) in [5.41, 5.74) is 7.39. The van der Waals surface area contributed by atoms with Gasteiger partial charge in [-0.3, -0.25) is 4.79 Å². The van der Waals surface area contributed by atoms with Gasteiger partial charge in [-0.15, -0.1) is 0 Å². The van der Waals surface area contributed by atoms with Crippen molar-refractivity contribution in [3.63, 3.8) is 0 Å². The Labute approximate surface area is 94.6 Å². The standard InChI is InChI=1S/C11H16N4O/c1-7-5-10(14-6-9(7)12)15-4-3-13-11(16)8(15)2/h5-6,8H,3-4,12H2,1-2H3,(H,13,16). The van der Waals surface area contributed by atoms with Crippen LogP contribution >= 0.6 is 0 Å². The van der Waals surface area contributed by atoms with Crippen LogP contribution in [0.1, 0.15) is 12.5 Å². The maximum Gasteiger partial charge on any atom is 0.242 e. The van der Waals surface area contributed by atoms with Crippen molar-refractivity contribution >= 4 is 17.4 Å². The van der Waals surface area contributed by atoms with Crippen molar-refractivity contribution in [1.29, 1.82) is 0 Å². The molecule has 0 spiro atoms. The molecule has 0 aromatic carbocycles. The Hall–Kier alpha value is -1.78. The molecular weight excluding hydrogens is 204 g/mol. The molecule has 86 valence electrons. The molecule has 1 aromatic rings. The predicted octanol–water partition coefficient (Wildman–Crippen LogP) is 0.297. The number of carbonyl (C=O) groups excluding carboxylic acids is 1. The van der Waals surface area contributed by atoms with E-state index in [0.29, 0.717) is 12.2 Å². The van der Waals surface area contributed by atoms with Crippen LogP contribution in [-0.4, -0.2) is 30.0 Å². The molecule has 3 N–H and O–H groups in total. The number of amides is 1. The molecule has 16 heavy (non-hydrogen) atoms. The Morgan fingerprint density at radius 1 is 1.62 bits per heavy atom. The third-order valence-electron chi connectivity index (χ3n) is 2.93. The normalized spacial score (nSPS) is 20.8. The summed E-state index contributed by atoms with van der Waals surface area (Å²) in [4.78, 5) is 17.8. The Balaban J connectivity index is 2.29. The van der Waals surface area contributed by atoms with Crippen molar-refractivity contribution in [2.24, 2.45) is 0 Å². The number of nitrogens with zero attached hydrogens (tertiary/aromatic N) is 2. The number of piperazine rings is 1. The Morgan fingerprint density at radius 2 is 2.38 bits per heavy atom. The lowest BCUT2D eigenvalue weighted by molar-refractivity contribution is -0.122. The lowest BCUT2D eigenvalue weighted by atomic mass is 10.2. The van der Waals surface area contributed by atoms with E-state index in [1.807, 2.05) is 24.8 Å². The zero-order valence-electron chi connectivity index (χ0n) is 9.53. The van der Waals surface area contributed by atoms with Gasteiger partial charge in [0.05, 0.1) is 11.9 Å². The third-order valence-corrected chi connectivity index (χ3v) is 2.93. The molecule has 0 aliphatic carbocycles. The van der Waals surface area contributed by atoms with E-state index in [2.05, 4.69) is 10.3 Å². The molecular formula is C11H16N4O. The number of nitrogens with two attached hydrogens (primary N) is 1. The third kappa shape index (κ3) is 1.80. The van der Waals surface area contributed by atoms with Gasteiger partial charge in [0.2, 0.25) is 5.91 Å². The van der Waals surface area contributed by atoms with Gasteiger partial charge in [0.15, 0.2) is 0 Å². The highest BCUT2D eigenvalue weighted by molar-refractivity contribution is 5.85. The molecule has 0 radical (unpaired) electrons. The number of anilines is 2. The predicted molar refractivity (Wildman–Crippen MR) is 63.2 cm³/mol. The SMILES string of the molecule is Cc1cc(N2CCNC(=O)C2C)ncc1N. The van der Waals surface area contributed by atoms with Crippen molar-refractivity contribution in [2.75, 3.05) is 23.7 Å². The van der Waals surface area contributed by atoms with Gasteiger partial charge in [0.1, 0.15) is 11.9 Å². The first-order valence-electron chi connectivity index (χ1n) is 5.36. The highest BCUT2D eigenvalue weighted by atomic mass is 16.2. The number of hydrogen-bond donors (Lipinski definition) is 2. The molecule has 1 aromatic heterocycles. The van der Waals surface area contributed by atoms with Crippen LogP contribution in [0, 0.1) is 6.92 Å². The highest BCUT2D eigenvalue weighted by Crippen LogP contribution is 2.20. The molecule has 1 aliphatic rings. The molecule has 0 bridgehead atoms. The Kier molecular flexibility index (Phi) is 2.68. The zero-order chi connectivity index (χ0) is 11.7. The van der Waals surface area contributed by atoms with Crippen LogP contribution < -0.4 is 16.0 Å². The van der Waals surface area contributed by atoms with E-state index < -0.39 is 0 Å². The molecule has 5 nitrogen and oxygen atoms in total. The smallest absolute Gasteiger partial charge is 0.242 e. The van der Waals surface area contributed by atoms with Crippen LogP contribution in [0.3, 0.4) is 0 Å². The van der Waals surface area contributed by atoms with Crippen LogP contribution in [-0.2, 0) is 4.79 Å². The van der Waals surface area contributed by atoms with Crippen LogP contribution in [0.4, 0.5) is 11.5 Å². The van der Waals surface area contributed by atoms with Crippen molar-refractivity contribution in [2.45, 2.75) is 19.9 Å². The molecule has 2 heterocycles. The number of rotatable bonds is 1. The summed E-state index contributed by atoms with van der Waals surface area (Å²) in [5.74, 6) is 0.858. The van der Waals surface area contributed by atoms with E-state index in [1.54, 1.807) is 6.20 Å². The van der Waals surface area contributed by atoms with Crippen molar-refractivity contribution in [3.8, 4) is 0 Å². The molecule has 1 unspecified atom stereocenters. The number of pyridine rings is 1. The van der Waals surface area contributed by atoms with Gasteiger partial charge in [-0.2, -0.15) is 0 Å². The van der Waals surface area contributed by atoms with E-state index in [1.165, 1.54) is 0 Å². The second-order valence-electron chi connectivity index (χ2n) is 4.06. The van der Waals surface area contributed by atoms with E-state index in [-0.39, 0.29) is 11.9 Å². The van der Waals surface area contributed by atoms with E-state index in [9.17, 15) is 4.79 Å². The van der Waals surface area contributed by atoms with Crippen LogP contribution in [0.5, 0.6) is 0 Å². The van der Waals surface area contributed by atoms with Crippen LogP contribution in [0.15, 0.2) is 12.3 Å². The van der Waals surface area contributed by atoms with Gasteiger partial charge in [0.25, 0.3) is 0 Å². The molecule has 1 aliphatic heterocycles. The molecule has 2 rings (SSSR count). The fourth-order valence-electron chi connectivity index (χ4n) is 1.80. The minimum absolute atomic E-state index is 0.0440. The first-order valence-corrected chi connectivity index (χ1v) is 5.36. The van der Waals surface area contributed by atoms with Crippen molar-refractivity contribution in [1.82, 2.24) is 10.3 Å². The molecule has 1 atom stereocenters. The Morgan fingerprint density at radius 3 is 3.06 bits per heavy atom. The van der Waals surface area contributed by atoms with Crippen LogP contribution in [0.2, 0.25) is 0 Å². The summed E-state index contributed by atoms with van der Waals surface area (Å²) < 4.78 is 0. The number of nitrogen functional groups attached to an aromatic ring is 1. The molecule has 5 heteroatoms. The van der Waals surface area contributed by atoms with Crippen LogP contribution in [0.25, 0.3) is 0 Å².